The van der Waals surface area contributed by atoms with Crippen molar-refractivity contribution in [1.82, 2.24) is 10.6 Å². The number of hydrogen-bond acceptors (Lipinski definition) is 3. The van der Waals surface area contributed by atoms with Gasteiger partial charge in [-0.15, -0.1) is 0 Å². The zero-order valence-electron chi connectivity index (χ0n) is 15.0. The summed E-state index contributed by atoms with van der Waals surface area (Å²) < 4.78 is 23.8. The van der Waals surface area contributed by atoms with Crippen LogP contribution in [-0.2, 0) is 0 Å². The first-order chi connectivity index (χ1) is 12.6. The number of ether oxygens (including phenoxy) is 2. The maximum atomic E-state index is 12.8. The van der Waals surface area contributed by atoms with E-state index >= 15 is 0 Å². The highest BCUT2D eigenvalue weighted by Gasteiger charge is 2.00. The maximum absolute atomic E-state index is 12.8. The molecule has 2 N–H and O–H groups in total. The summed E-state index contributed by atoms with van der Waals surface area (Å²) in [4.78, 5) is 11.7. The van der Waals surface area contributed by atoms with Gasteiger partial charge in [-0.3, -0.25) is 0 Å². The van der Waals surface area contributed by atoms with E-state index in [2.05, 4.69) is 10.6 Å². The van der Waals surface area contributed by atoms with E-state index in [0.29, 0.717) is 32.1 Å². The fourth-order valence-electron chi connectivity index (χ4n) is 2.25. The predicted molar refractivity (Wildman–Crippen MR) is 99.2 cm³/mol. The summed E-state index contributed by atoms with van der Waals surface area (Å²) in [5, 5.41) is 5.53. The number of rotatable bonds is 10. The summed E-state index contributed by atoms with van der Waals surface area (Å²) in [6.07, 6.45) is 1.60. The smallest absolute Gasteiger partial charge is 0.314 e. The van der Waals surface area contributed by atoms with E-state index in [1.165, 1.54) is 12.1 Å². The first-order valence-electron chi connectivity index (χ1n) is 8.73. The Bertz CT molecular complexity index is 677. The van der Waals surface area contributed by atoms with Crippen LogP contribution in [0.2, 0.25) is 0 Å². The van der Waals surface area contributed by atoms with E-state index in [4.69, 9.17) is 9.47 Å². The highest BCUT2D eigenvalue weighted by Crippen LogP contribution is 2.12. The average molecular weight is 360 g/mol. The molecule has 0 bridgehead atoms. The second-order valence-corrected chi connectivity index (χ2v) is 5.86. The minimum Gasteiger partial charge on any atom is -0.494 e. The van der Waals surface area contributed by atoms with Gasteiger partial charge >= 0.3 is 6.03 Å². The van der Waals surface area contributed by atoms with Gasteiger partial charge in [0.15, 0.2) is 0 Å². The van der Waals surface area contributed by atoms with Crippen molar-refractivity contribution in [1.29, 1.82) is 0 Å². The molecule has 0 aliphatic rings. The Morgan fingerprint density at radius 1 is 0.923 bits per heavy atom. The molecule has 0 saturated heterocycles. The lowest BCUT2D eigenvalue weighted by Crippen LogP contribution is -2.38. The minimum atomic E-state index is -0.281. The number of amides is 2. The normalized spacial score (nSPS) is 10.2. The first kappa shape index (κ1) is 19.6. The molecule has 0 atom stereocenters. The molecule has 0 aromatic heterocycles. The number of carbonyl (C=O) groups is 1. The summed E-state index contributed by atoms with van der Waals surface area (Å²) in [5.74, 6) is 1.16. The van der Waals surface area contributed by atoms with Crippen molar-refractivity contribution in [2.45, 2.75) is 19.8 Å². The molecule has 0 aliphatic heterocycles. The molecular weight excluding hydrogens is 335 g/mol. The molecule has 2 aromatic carbocycles. The topological polar surface area (TPSA) is 59.6 Å². The van der Waals surface area contributed by atoms with Gasteiger partial charge in [-0.2, -0.15) is 0 Å². The van der Waals surface area contributed by atoms with Crippen molar-refractivity contribution in [3.63, 3.8) is 0 Å². The van der Waals surface area contributed by atoms with Crippen molar-refractivity contribution in [2.75, 3.05) is 26.3 Å². The highest BCUT2D eigenvalue weighted by molar-refractivity contribution is 5.73. The van der Waals surface area contributed by atoms with Crippen LogP contribution in [0.25, 0.3) is 0 Å². The zero-order valence-corrected chi connectivity index (χ0v) is 15.0. The molecule has 5 nitrogen and oxygen atoms in total. The second-order valence-electron chi connectivity index (χ2n) is 5.86. The number of unbranched alkanes of at least 4 members (excludes halogenated alkanes) is 1. The standard InChI is InChI=1S/C20H25FN2O3/c1-16-5-4-6-19(15-16)26-14-12-23-20(24)22-11-2-3-13-25-18-9-7-17(21)8-10-18/h4-10,15H,2-3,11-14H2,1H3,(H2,22,23,24). The first-order valence-corrected chi connectivity index (χ1v) is 8.73. The number of halogens is 1. The molecule has 0 spiro atoms. The van der Waals surface area contributed by atoms with Gasteiger partial charge in [0.1, 0.15) is 23.9 Å². The molecule has 0 radical (unpaired) electrons. The Morgan fingerprint density at radius 3 is 2.42 bits per heavy atom. The highest BCUT2D eigenvalue weighted by atomic mass is 19.1. The summed E-state index contributed by atoms with van der Waals surface area (Å²) >= 11 is 0. The molecular formula is C20H25FN2O3. The van der Waals surface area contributed by atoms with Crippen LogP contribution in [0.3, 0.4) is 0 Å². The molecule has 2 aromatic rings. The molecule has 0 saturated carbocycles. The molecule has 0 fully saturated rings. The van der Waals surface area contributed by atoms with E-state index in [1.54, 1.807) is 12.1 Å². The average Bonchev–Trinajstić information content (AvgIpc) is 2.63. The van der Waals surface area contributed by atoms with Crippen molar-refractivity contribution in [3.05, 3.63) is 59.9 Å². The number of urea groups is 1. The van der Waals surface area contributed by atoms with Gasteiger partial charge in [0.05, 0.1) is 13.2 Å². The lowest BCUT2D eigenvalue weighted by molar-refractivity contribution is 0.235. The van der Waals surface area contributed by atoms with Crippen molar-refractivity contribution >= 4 is 6.03 Å². The van der Waals surface area contributed by atoms with E-state index in [0.717, 1.165) is 24.2 Å². The van der Waals surface area contributed by atoms with E-state index in [9.17, 15) is 9.18 Å². The van der Waals surface area contributed by atoms with Crippen molar-refractivity contribution < 1.29 is 18.7 Å². The molecule has 6 heteroatoms. The number of benzene rings is 2. The van der Waals surface area contributed by atoms with Crippen LogP contribution in [0.1, 0.15) is 18.4 Å². The van der Waals surface area contributed by atoms with Crippen LogP contribution in [-0.4, -0.2) is 32.3 Å². The Kier molecular flexibility index (Phi) is 8.26. The number of nitrogens with one attached hydrogen (secondary N) is 2. The molecule has 0 heterocycles. The van der Waals surface area contributed by atoms with Crippen molar-refractivity contribution in [3.8, 4) is 11.5 Å². The maximum Gasteiger partial charge on any atom is 0.314 e. The van der Waals surface area contributed by atoms with E-state index in [-0.39, 0.29) is 11.8 Å². The largest absolute Gasteiger partial charge is 0.494 e. The Labute approximate surface area is 153 Å². The van der Waals surface area contributed by atoms with Crippen molar-refractivity contribution in [2.24, 2.45) is 0 Å². The molecule has 2 rings (SSSR count). The van der Waals surface area contributed by atoms with E-state index < -0.39 is 0 Å². The summed E-state index contributed by atoms with van der Waals surface area (Å²) in [6, 6.07) is 13.5. The van der Waals surface area contributed by atoms with Gasteiger partial charge in [-0.25, -0.2) is 9.18 Å². The fraction of sp³-hybridized carbons (Fsp3) is 0.350. The third kappa shape index (κ3) is 7.88. The second kappa shape index (κ2) is 11.0. The van der Waals surface area contributed by atoms with Gasteiger partial charge in [0.25, 0.3) is 0 Å². The van der Waals surface area contributed by atoms with Gasteiger partial charge in [-0.1, -0.05) is 12.1 Å². The van der Waals surface area contributed by atoms with Crippen LogP contribution in [0, 0.1) is 12.7 Å². The fourth-order valence-corrected chi connectivity index (χ4v) is 2.25. The lowest BCUT2D eigenvalue weighted by Gasteiger charge is -2.10. The molecule has 26 heavy (non-hydrogen) atoms. The molecule has 2 amide bonds. The summed E-state index contributed by atoms with van der Waals surface area (Å²) in [6.45, 7) is 3.95. The number of carbonyl (C=O) groups excluding carboxylic acids is 1. The van der Waals surface area contributed by atoms with Gasteiger partial charge in [-0.05, 0) is 61.7 Å². The minimum absolute atomic E-state index is 0.211. The van der Waals surface area contributed by atoms with Gasteiger partial charge < -0.3 is 20.1 Å². The number of hydrogen-bond donors (Lipinski definition) is 2. The van der Waals surface area contributed by atoms with Crippen LogP contribution in [0.5, 0.6) is 11.5 Å². The third-order valence-corrected chi connectivity index (χ3v) is 3.58. The summed E-state index contributed by atoms with van der Waals surface area (Å²) in [5.41, 5.74) is 1.14. The monoisotopic (exact) mass is 360 g/mol. The summed E-state index contributed by atoms with van der Waals surface area (Å²) in [7, 11) is 0. The van der Waals surface area contributed by atoms with Crippen LogP contribution < -0.4 is 20.1 Å². The lowest BCUT2D eigenvalue weighted by atomic mass is 10.2. The Hall–Kier alpha value is -2.76. The Morgan fingerprint density at radius 2 is 1.65 bits per heavy atom. The molecule has 140 valence electrons. The molecule has 0 unspecified atom stereocenters. The van der Waals surface area contributed by atoms with Gasteiger partial charge in [0, 0.05) is 6.54 Å². The molecule has 0 aliphatic carbocycles. The van der Waals surface area contributed by atoms with Crippen LogP contribution in [0.4, 0.5) is 9.18 Å². The van der Waals surface area contributed by atoms with Gasteiger partial charge in [0.2, 0.25) is 0 Å². The quantitative estimate of drug-likeness (QED) is 0.636. The van der Waals surface area contributed by atoms with E-state index in [1.807, 2.05) is 31.2 Å². The third-order valence-electron chi connectivity index (χ3n) is 3.58. The zero-order chi connectivity index (χ0) is 18.6. The predicted octanol–water partition coefficient (Wildman–Crippen LogP) is 3.67. The van der Waals surface area contributed by atoms with Crippen LogP contribution >= 0.6 is 0 Å². The Balaban J connectivity index is 1.45. The SMILES string of the molecule is Cc1cccc(OCCNC(=O)NCCCCOc2ccc(F)cc2)c1. The number of aryl methyl sites for hydroxylation is 1. The van der Waals surface area contributed by atoms with Crippen LogP contribution in [0.15, 0.2) is 48.5 Å².